The molecule has 0 rings (SSSR count). The second-order valence-corrected chi connectivity index (χ2v) is 20.3. The van der Waals surface area contributed by atoms with Gasteiger partial charge >= 0.3 is 5.97 Å². The Hall–Kier alpha value is -1.40. The van der Waals surface area contributed by atoms with Crippen LogP contribution in [0.25, 0.3) is 0 Å². The number of carbonyl (C=O) groups excluding carboxylic acids is 2. The number of hydrogen-bond acceptors (Lipinski definition) is 5. The van der Waals surface area contributed by atoms with Crippen LogP contribution >= 0.6 is 0 Å². The number of nitrogens with one attached hydrogen (secondary N) is 1. The van der Waals surface area contributed by atoms with Gasteiger partial charge in [0.25, 0.3) is 0 Å². The highest BCUT2D eigenvalue weighted by Crippen LogP contribution is 2.18. The predicted molar refractivity (Wildman–Crippen MR) is 283 cm³/mol. The van der Waals surface area contributed by atoms with E-state index in [-0.39, 0.29) is 18.5 Å². The van der Waals surface area contributed by atoms with E-state index in [2.05, 4.69) is 31.3 Å². The van der Waals surface area contributed by atoms with E-state index < -0.39 is 12.1 Å². The van der Waals surface area contributed by atoms with Gasteiger partial charge in [-0.05, 0) is 51.4 Å². The smallest absolute Gasteiger partial charge is 0.305 e. The van der Waals surface area contributed by atoms with Gasteiger partial charge in [-0.2, -0.15) is 0 Å². The zero-order chi connectivity index (χ0) is 47.2. The molecule has 0 heterocycles. The van der Waals surface area contributed by atoms with Crippen molar-refractivity contribution in [1.82, 2.24) is 5.32 Å². The number of carbonyl (C=O) groups is 2. The van der Waals surface area contributed by atoms with Crippen LogP contribution in [-0.4, -0.2) is 47.4 Å². The summed E-state index contributed by atoms with van der Waals surface area (Å²) in [5, 5.41) is 23.3. The van der Waals surface area contributed by atoms with Crippen LogP contribution in [0.5, 0.6) is 0 Å². The minimum absolute atomic E-state index is 0.0293. The third-order valence-corrected chi connectivity index (χ3v) is 13.8. The van der Waals surface area contributed by atoms with Crippen molar-refractivity contribution in [3.63, 3.8) is 0 Å². The summed E-state index contributed by atoms with van der Waals surface area (Å²) in [7, 11) is 0. The lowest BCUT2D eigenvalue weighted by Gasteiger charge is -2.22. The van der Waals surface area contributed by atoms with Crippen molar-refractivity contribution in [1.29, 1.82) is 0 Å². The van der Waals surface area contributed by atoms with Crippen LogP contribution in [0.2, 0.25) is 0 Å². The zero-order valence-corrected chi connectivity index (χ0v) is 44.0. The molecule has 0 aliphatic rings. The maximum Gasteiger partial charge on any atom is 0.305 e. The first kappa shape index (κ1) is 63.6. The lowest BCUT2D eigenvalue weighted by Crippen LogP contribution is -2.45. The highest BCUT2D eigenvalue weighted by molar-refractivity contribution is 5.76. The fourth-order valence-corrected chi connectivity index (χ4v) is 9.28. The monoisotopic (exact) mass is 918 g/mol. The molecule has 0 saturated carbocycles. The number of aliphatic hydroxyl groups excluding tert-OH is 2. The minimum atomic E-state index is -0.683. The van der Waals surface area contributed by atoms with Gasteiger partial charge in [0.1, 0.15) is 0 Å². The van der Waals surface area contributed by atoms with Crippen molar-refractivity contribution < 1.29 is 24.5 Å². The second kappa shape index (κ2) is 55.2. The van der Waals surface area contributed by atoms with Gasteiger partial charge in [-0.25, -0.2) is 0 Å². The molecule has 0 radical (unpaired) electrons. The van der Waals surface area contributed by atoms with E-state index in [1.807, 2.05) is 0 Å². The van der Waals surface area contributed by atoms with Crippen molar-refractivity contribution >= 4 is 11.9 Å². The Morgan fingerprint density at radius 3 is 1.09 bits per heavy atom. The molecule has 2 unspecified atom stereocenters. The molecule has 0 aromatic carbocycles. The van der Waals surface area contributed by atoms with Crippen molar-refractivity contribution in [2.45, 2.75) is 341 Å². The maximum absolute atomic E-state index is 12.5. The quantitative estimate of drug-likeness (QED) is 0.0321. The number of allylic oxidation sites excluding steroid dienone is 2. The Balaban J connectivity index is 3.48. The number of aliphatic hydroxyl groups is 2. The highest BCUT2D eigenvalue weighted by Gasteiger charge is 2.20. The molecular formula is C59H115NO5. The summed E-state index contributed by atoms with van der Waals surface area (Å²) in [6.07, 6.45) is 65.0. The van der Waals surface area contributed by atoms with Gasteiger partial charge in [-0.3, -0.25) is 9.59 Å². The largest absolute Gasteiger partial charge is 0.466 e. The number of hydrogen-bond donors (Lipinski definition) is 3. The molecule has 6 heteroatoms. The first-order valence-corrected chi connectivity index (χ1v) is 29.4. The SMILES string of the molecule is CCCCCCCCCCCCCCCCCCCCCCCCCCCC(O)C(CO)NC(=O)CCCCCCC/C=C\CCCCOC(=O)CCCCCCCCCCCCCC. The number of rotatable bonds is 55. The van der Waals surface area contributed by atoms with E-state index in [4.69, 9.17) is 4.74 Å². The minimum Gasteiger partial charge on any atom is -0.466 e. The summed E-state index contributed by atoms with van der Waals surface area (Å²) < 4.78 is 5.43. The molecule has 0 saturated heterocycles. The molecule has 65 heavy (non-hydrogen) atoms. The molecule has 1 amide bonds. The molecule has 0 aromatic heterocycles. The van der Waals surface area contributed by atoms with Crippen molar-refractivity contribution in [3.8, 4) is 0 Å². The van der Waals surface area contributed by atoms with Gasteiger partial charge in [0.2, 0.25) is 5.91 Å². The fraction of sp³-hybridized carbons (Fsp3) is 0.932. The molecule has 0 aliphatic heterocycles. The number of ether oxygens (including phenoxy) is 1. The van der Waals surface area contributed by atoms with E-state index >= 15 is 0 Å². The van der Waals surface area contributed by atoms with Gasteiger partial charge in [0.05, 0.1) is 25.4 Å². The maximum atomic E-state index is 12.5. The third-order valence-electron chi connectivity index (χ3n) is 13.8. The molecule has 0 spiro atoms. The van der Waals surface area contributed by atoms with Crippen LogP contribution in [0.1, 0.15) is 328 Å². The first-order chi connectivity index (χ1) is 32.0. The van der Waals surface area contributed by atoms with Crippen LogP contribution in [0.3, 0.4) is 0 Å². The second-order valence-electron chi connectivity index (χ2n) is 20.3. The van der Waals surface area contributed by atoms with E-state index in [0.29, 0.717) is 25.9 Å². The molecule has 2 atom stereocenters. The molecule has 3 N–H and O–H groups in total. The summed E-state index contributed by atoms with van der Waals surface area (Å²) >= 11 is 0. The van der Waals surface area contributed by atoms with Gasteiger partial charge in [-0.15, -0.1) is 0 Å². The van der Waals surface area contributed by atoms with Crippen LogP contribution in [0.4, 0.5) is 0 Å². The highest BCUT2D eigenvalue weighted by atomic mass is 16.5. The van der Waals surface area contributed by atoms with E-state index in [0.717, 1.165) is 77.0 Å². The molecule has 0 fully saturated rings. The predicted octanol–water partition coefficient (Wildman–Crippen LogP) is 18.1. The van der Waals surface area contributed by atoms with Crippen molar-refractivity contribution in [2.24, 2.45) is 0 Å². The van der Waals surface area contributed by atoms with Crippen LogP contribution in [-0.2, 0) is 14.3 Å². The van der Waals surface area contributed by atoms with E-state index in [9.17, 15) is 19.8 Å². The Kier molecular flexibility index (Phi) is 54.0. The summed E-state index contributed by atoms with van der Waals surface area (Å²) in [4.78, 5) is 24.5. The Morgan fingerprint density at radius 2 is 0.723 bits per heavy atom. The third kappa shape index (κ3) is 51.8. The molecule has 6 nitrogen and oxygen atoms in total. The average molecular weight is 919 g/mol. The van der Waals surface area contributed by atoms with Gasteiger partial charge < -0.3 is 20.3 Å². The van der Waals surface area contributed by atoms with Crippen LogP contribution < -0.4 is 5.32 Å². The standard InChI is InChI=1S/C59H115NO5/c1-3-5-7-9-11-13-15-17-18-19-20-21-22-23-24-25-26-27-28-29-31-35-39-43-47-51-57(62)56(55-61)60-58(63)52-48-44-40-36-32-30-34-38-42-46-50-54-65-59(64)53-49-45-41-37-33-16-14-12-10-8-6-4-2/h34,38,56-57,61-62H,3-33,35-37,39-55H2,1-2H3,(H,60,63)/b38-34-. The number of amides is 1. The molecule has 0 aliphatic carbocycles. The Morgan fingerprint density at radius 1 is 0.415 bits per heavy atom. The molecular weight excluding hydrogens is 803 g/mol. The zero-order valence-electron chi connectivity index (χ0n) is 44.0. The van der Waals surface area contributed by atoms with Gasteiger partial charge in [0, 0.05) is 12.8 Å². The lowest BCUT2D eigenvalue weighted by atomic mass is 10.0. The number of unbranched alkanes of at least 4 members (excludes halogenated alkanes) is 42. The first-order valence-electron chi connectivity index (χ1n) is 29.4. The molecule has 0 aromatic rings. The summed E-state index contributed by atoms with van der Waals surface area (Å²) in [6, 6.07) is -0.562. The van der Waals surface area contributed by atoms with Gasteiger partial charge in [0.15, 0.2) is 0 Å². The topological polar surface area (TPSA) is 95.9 Å². The van der Waals surface area contributed by atoms with Crippen molar-refractivity contribution in [3.05, 3.63) is 12.2 Å². The lowest BCUT2D eigenvalue weighted by molar-refractivity contribution is -0.143. The van der Waals surface area contributed by atoms with Gasteiger partial charge in [-0.1, -0.05) is 276 Å². The normalized spacial score (nSPS) is 12.6. The Bertz CT molecular complexity index is 970. The fourth-order valence-electron chi connectivity index (χ4n) is 9.28. The van der Waals surface area contributed by atoms with E-state index in [1.54, 1.807) is 0 Å². The summed E-state index contributed by atoms with van der Waals surface area (Å²) in [6.45, 7) is 4.90. The average Bonchev–Trinajstić information content (AvgIpc) is 3.31. The Labute approximate surface area is 406 Å². The van der Waals surface area contributed by atoms with Crippen LogP contribution in [0, 0.1) is 0 Å². The van der Waals surface area contributed by atoms with E-state index in [1.165, 1.54) is 218 Å². The van der Waals surface area contributed by atoms with Crippen LogP contribution in [0.15, 0.2) is 12.2 Å². The summed E-state index contributed by atoms with van der Waals surface area (Å²) in [5.74, 6) is -0.0893. The molecule has 386 valence electrons. The van der Waals surface area contributed by atoms with Crippen molar-refractivity contribution in [2.75, 3.05) is 13.2 Å². The summed E-state index contributed by atoms with van der Waals surface area (Å²) in [5.41, 5.74) is 0. The number of esters is 1. The molecule has 0 bridgehead atoms.